The summed E-state index contributed by atoms with van der Waals surface area (Å²) in [6, 6.07) is 3.46. The van der Waals surface area contributed by atoms with Crippen LogP contribution in [0.4, 0.5) is 0 Å². The minimum Gasteiger partial charge on any atom is -0.393 e. The number of fused-ring (bicyclic) bond motifs is 1. The highest BCUT2D eigenvalue weighted by atomic mass is 35.5. The normalized spacial score (nSPS) is 15.5. The fraction of sp³-hybridized carbons (Fsp3) is 0.300. The highest BCUT2D eigenvalue weighted by Gasteiger charge is 2.25. The molecule has 0 saturated carbocycles. The van der Waals surface area contributed by atoms with Crippen molar-refractivity contribution in [1.82, 2.24) is 4.98 Å². The second-order valence-electron chi connectivity index (χ2n) is 3.55. The van der Waals surface area contributed by atoms with Gasteiger partial charge in [0.15, 0.2) is 0 Å². The van der Waals surface area contributed by atoms with Crippen molar-refractivity contribution in [2.45, 2.75) is 12.5 Å². The smallest absolute Gasteiger partial charge is 0.119 e. The number of aliphatic hydroxyl groups excluding tert-OH is 1. The molecule has 2 N–H and O–H groups in total. The third-order valence-electron chi connectivity index (χ3n) is 2.20. The molecule has 0 aliphatic rings. The average Bonchev–Trinajstić information content (AvgIpc) is 2.64. The molecule has 5 heteroatoms. The van der Waals surface area contributed by atoms with Gasteiger partial charge in [0.25, 0.3) is 0 Å². The largest absolute Gasteiger partial charge is 0.393 e. The van der Waals surface area contributed by atoms with Crippen molar-refractivity contribution in [1.29, 1.82) is 0 Å². The van der Waals surface area contributed by atoms with Crippen molar-refractivity contribution < 1.29 is 10.2 Å². The molecule has 15 heavy (non-hydrogen) atoms. The van der Waals surface area contributed by atoms with E-state index in [4.69, 9.17) is 16.7 Å². The van der Waals surface area contributed by atoms with Gasteiger partial charge in [-0.3, -0.25) is 4.98 Å². The lowest BCUT2D eigenvalue weighted by molar-refractivity contribution is 0.000850. The van der Waals surface area contributed by atoms with Crippen LogP contribution < -0.4 is 0 Å². The first-order chi connectivity index (χ1) is 7.04. The Kier molecular flexibility index (Phi) is 2.68. The summed E-state index contributed by atoms with van der Waals surface area (Å²) in [5.41, 5.74) is -0.481. The molecule has 1 unspecified atom stereocenters. The molecule has 80 valence electrons. The SMILES string of the molecule is CC(O)(CO)c1cc2nccc(Cl)c2s1. The number of hydrogen-bond acceptors (Lipinski definition) is 4. The number of aromatic nitrogens is 1. The van der Waals surface area contributed by atoms with Crippen molar-refractivity contribution >= 4 is 33.2 Å². The lowest BCUT2D eigenvalue weighted by Crippen LogP contribution is -2.24. The van der Waals surface area contributed by atoms with Crippen molar-refractivity contribution in [2.75, 3.05) is 6.61 Å². The van der Waals surface area contributed by atoms with Crippen LogP contribution in [0.5, 0.6) is 0 Å². The number of nitrogens with zero attached hydrogens (tertiary/aromatic N) is 1. The van der Waals surface area contributed by atoms with Crippen LogP contribution in [-0.4, -0.2) is 21.8 Å². The first-order valence-corrected chi connectivity index (χ1v) is 5.62. The van der Waals surface area contributed by atoms with Crippen LogP contribution in [0.15, 0.2) is 18.3 Å². The molecule has 0 fully saturated rings. The molecule has 2 aromatic rings. The molecule has 0 saturated heterocycles. The van der Waals surface area contributed by atoms with Crippen LogP contribution in [-0.2, 0) is 5.60 Å². The summed E-state index contributed by atoms with van der Waals surface area (Å²) in [5, 5.41) is 19.5. The summed E-state index contributed by atoms with van der Waals surface area (Å²) in [6.07, 6.45) is 1.62. The second-order valence-corrected chi connectivity index (χ2v) is 5.01. The quantitative estimate of drug-likeness (QED) is 0.850. The van der Waals surface area contributed by atoms with Gasteiger partial charge in [0.1, 0.15) is 5.60 Å². The van der Waals surface area contributed by atoms with Gasteiger partial charge in [-0.1, -0.05) is 11.6 Å². The molecule has 2 heterocycles. The van der Waals surface area contributed by atoms with Gasteiger partial charge in [-0.25, -0.2) is 0 Å². The van der Waals surface area contributed by atoms with E-state index in [1.165, 1.54) is 11.3 Å². The van der Waals surface area contributed by atoms with Crippen LogP contribution in [0, 0.1) is 0 Å². The molecular formula is C10H10ClNO2S. The Morgan fingerprint density at radius 1 is 1.60 bits per heavy atom. The number of pyridine rings is 1. The van der Waals surface area contributed by atoms with Crippen molar-refractivity contribution in [3.63, 3.8) is 0 Å². The van der Waals surface area contributed by atoms with Gasteiger partial charge in [-0.2, -0.15) is 0 Å². The van der Waals surface area contributed by atoms with Gasteiger partial charge in [0, 0.05) is 11.1 Å². The highest BCUT2D eigenvalue weighted by molar-refractivity contribution is 7.19. The van der Waals surface area contributed by atoms with Gasteiger partial charge < -0.3 is 10.2 Å². The molecule has 3 nitrogen and oxygen atoms in total. The monoisotopic (exact) mass is 243 g/mol. The standard InChI is InChI=1S/C10H10ClNO2S/c1-10(14,5-13)8-4-7-9(15-8)6(11)2-3-12-7/h2-4,13-14H,5H2,1H3. The molecule has 0 aromatic carbocycles. The summed E-state index contributed by atoms with van der Waals surface area (Å²) >= 11 is 7.34. The van der Waals surface area contributed by atoms with Gasteiger partial charge in [0.05, 0.1) is 21.8 Å². The van der Waals surface area contributed by atoms with Crippen molar-refractivity contribution in [3.05, 3.63) is 28.2 Å². The maximum Gasteiger partial charge on any atom is 0.119 e. The maximum absolute atomic E-state index is 9.88. The average molecular weight is 244 g/mol. The van der Waals surface area contributed by atoms with Gasteiger partial charge in [0.2, 0.25) is 0 Å². The Labute approximate surface area is 96.0 Å². The number of halogens is 1. The summed E-state index contributed by atoms with van der Waals surface area (Å²) < 4.78 is 0.836. The topological polar surface area (TPSA) is 53.4 Å². The Balaban J connectivity index is 2.62. The number of hydrogen-bond donors (Lipinski definition) is 2. The van der Waals surface area contributed by atoms with E-state index in [1.54, 1.807) is 25.3 Å². The minimum atomic E-state index is -1.23. The number of aliphatic hydroxyl groups is 2. The summed E-state index contributed by atoms with van der Waals surface area (Å²) in [4.78, 5) is 4.81. The van der Waals surface area contributed by atoms with E-state index < -0.39 is 5.60 Å². The van der Waals surface area contributed by atoms with E-state index in [-0.39, 0.29) is 6.61 Å². The fourth-order valence-electron chi connectivity index (χ4n) is 1.25. The lowest BCUT2D eigenvalue weighted by Gasteiger charge is -2.17. The second kappa shape index (κ2) is 3.72. The molecule has 0 amide bonds. The van der Waals surface area contributed by atoms with Gasteiger partial charge in [-0.15, -0.1) is 11.3 Å². The summed E-state index contributed by atoms with van der Waals surface area (Å²) in [6.45, 7) is 1.24. The predicted molar refractivity (Wildman–Crippen MR) is 61.3 cm³/mol. The Bertz CT molecular complexity index is 495. The third kappa shape index (κ3) is 1.86. The van der Waals surface area contributed by atoms with Crippen LogP contribution in [0.3, 0.4) is 0 Å². The van der Waals surface area contributed by atoms with Crippen molar-refractivity contribution in [2.24, 2.45) is 0 Å². The highest BCUT2D eigenvalue weighted by Crippen LogP contribution is 2.35. The molecule has 2 aromatic heterocycles. The van der Waals surface area contributed by atoms with Crippen LogP contribution in [0.2, 0.25) is 5.02 Å². The third-order valence-corrected chi connectivity index (χ3v) is 4.04. The molecule has 0 bridgehead atoms. The first kappa shape index (κ1) is 10.8. The lowest BCUT2D eigenvalue weighted by atomic mass is 10.1. The molecule has 0 spiro atoms. The molecule has 0 aliphatic carbocycles. The Morgan fingerprint density at radius 2 is 2.33 bits per heavy atom. The Morgan fingerprint density at radius 3 is 2.93 bits per heavy atom. The molecule has 0 radical (unpaired) electrons. The van der Waals surface area contributed by atoms with E-state index in [2.05, 4.69) is 4.98 Å². The predicted octanol–water partition coefficient (Wildman–Crippen LogP) is 2.15. The van der Waals surface area contributed by atoms with E-state index in [9.17, 15) is 5.11 Å². The molecule has 0 aliphatic heterocycles. The first-order valence-electron chi connectivity index (χ1n) is 4.42. The van der Waals surface area contributed by atoms with Crippen LogP contribution in [0.1, 0.15) is 11.8 Å². The van der Waals surface area contributed by atoms with Crippen LogP contribution >= 0.6 is 22.9 Å². The zero-order valence-corrected chi connectivity index (χ0v) is 9.64. The van der Waals surface area contributed by atoms with E-state index in [1.807, 2.05) is 0 Å². The van der Waals surface area contributed by atoms with Crippen LogP contribution in [0.25, 0.3) is 10.2 Å². The summed E-state index contributed by atoms with van der Waals surface area (Å²) in [7, 11) is 0. The van der Waals surface area contributed by atoms with E-state index in [0.717, 1.165) is 10.2 Å². The molecular weight excluding hydrogens is 234 g/mol. The number of rotatable bonds is 2. The summed E-state index contributed by atoms with van der Waals surface area (Å²) in [5.74, 6) is 0. The molecule has 2 rings (SSSR count). The van der Waals surface area contributed by atoms with Gasteiger partial charge in [-0.05, 0) is 19.1 Å². The van der Waals surface area contributed by atoms with E-state index in [0.29, 0.717) is 9.90 Å². The Hall–Kier alpha value is -0.680. The fourth-order valence-corrected chi connectivity index (χ4v) is 2.58. The van der Waals surface area contributed by atoms with Gasteiger partial charge >= 0.3 is 0 Å². The maximum atomic E-state index is 9.88. The molecule has 1 atom stereocenters. The van der Waals surface area contributed by atoms with E-state index >= 15 is 0 Å². The minimum absolute atomic E-state index is 0.322. The van der Waals surface area contributed by atoms with Crippen molar-refractivity contribution in [3.8, 4) is 0 Å². The number of thiophene rings is 1. The zero-order valence-electron chi connectivity index (χ0n) is 8.07. The zero-order chi connectivity index (χ0) is 11.1.